The molecule has 0 spiro atoms. The van der Waals surface area contributed by atoms with E-state index >= 15 is 0 Å². The van der Waals surface area contributed by atoms with Crippen LogP contribution in [0.3, 0.4) is 0 Å². The van der Waals surface area contributed by atoms with Crippen molar-refractivity contribution in [1.82, 2.24) is 19.6 Å². The molecule has 0 unspecified atom stereocenters. The average molecular weight is 469 g/mol. The van der Waals surface area contributed by atoms with Crippen molar-refractivity contribution in [3.63, 3.8) is 0 Å². The third kappa shape index (κ3) is 2.75. The van der Waals surface area contributed by atoms with Crippen LogP contribution in [0.1, 0.15) is 12.7 Å². The van der Waals surface area contributed by atoms with Gasteiger partial charge in [-0.2, -0.15) is 4.98 Å². The summed E-state index contributed by atoms with van der Waals surface area (Å²) in [5.41, 5.74) is 0.746. The third-order valence-corrected chi connectivity index (χ3v) is 4.54. The number of aromatic nitrogens is 4. The van der Waals surface area contributed by atoms with Crippen molar-refractivity contribution in [3.8, 4) is 0 Å². The van der Waals surface area contributed by atoms with Gasteiger partial charge in [0.1, 0.15) is 17.5 Å². The summed E-state index contributed by atoms with van der Waals surface area (Å²) >= 11 is 1.97. The minimum absolute atomic E-state index is 0.0425. The number of halogens is 4. The molecule has 0 aliphatic rings. The van der Waals surface area contributed by atoms with Gasteiger partial charge in [-0.3, -0.25) is 4.40 Å². The van der Waals surface area contributed by atoms with Crippen LogP contribution in [0, 0.1) is 21.0 Å². The number of nitrogens with one attached hydrogen (secondary N) is 1. The number of rotatable bonds is 3. The Hall–Kier alpha value is -2.43. The molecular weight excluding hydrogens is 458 g/mol. The second-order valence-corrected chi connectivity index (χ2v) is 6.85. The molecule has 4 aromatic rings. The lowest BCUT2D eigenvalue weighted by Gasteiger charge is -2.12. The summed E-state index contributed by atoms with van der Waals surface area (Å²) in [6.07, 6.45) is 0.547. The Bertz CT molecular complexity index is 1140. The predicted octanol–water partition coefficient (Wildman–Crippen LogP) is 4.61. The van der Waals surface area contributed by atoms with Crippen molar-refractivity contribution in [3.05, 3.63) is 57.2 Å². The minimum atomic E-state index is -1.04. The highest BCUT2D eigenvalue weighted by molar-refractivity contribution is 14.1. The summed E-state index contributed by atoms with van der Waals surface area (Å²) in [6.45, 7) is 1.88. The zero-order valence-corrected chi connectivity index (χ0v) is 15.6. The van der Waals surface area contributed by atoms with E-state index in [1.54, 1.807) is 10.5 Å². The lowest BCUT2D eigenvalue weighted by Crippen LogP contribution is -2.04. The highest BCUT2D eigenvalue weighted by atomic mass is 127. The minimum Gasteiger partial charge on any atom is -0.339 e. The predicted molar refractivity (Wildman–Crippen MR) is 100.0 cm³/mol. The zero-order valence-electron chi connectivity index (χ0n) is 13.4. The summed E-state index contributed by atoms with van der Waals surface area (Å²) in [5, 5.41) is 10.9. The van der Waals surface area contributed by atoms with Crippen LogP contribution in [0.4, 0.5) is 24.7 Å². The fraction of sp³-hybridized carbons (Fsp3) is 0.118. The van der Waals surface area contributed by atoms with E-state index < -0.39 is 17.5 Å². The molecule has 0 saturated heterocycles. The Morgan fingerprint density at radius 1 is 1.12 bits per heavy atom. The first-order valence-corrected chi connectivity index (χ1v) is 8.80. The number of benzene rings is 2. The molecule has 0 radical (unpaired) electrons. The Balaban J connectivity index is 2.02. The molecule has 132 valence electrons. The number of aryl methyl sites for hydroxylation is 1. The zero-order chi connectivity index (χ0) is 18.4. The largest absolute Gasteiger partial charge is 0.339 e. The van der Waals surface area contributed by atoms with E-state index in [0.29, 0.717) is 27.0 Å². The summed E-state index contributed by atoms with van der Waals surface area (Å²) < 4.78 is 44.4. The second kappa shape index (κ2) is 6.38. The number of hydrogen-bond donors (Lipinski definition) is 1. The van der Waals surface area contributed by atoms with Crippen LogP contribution < -0.4 is 5.32 Å². The standard InChI is InChI=1S/C17H11F3IN5/c1-2-13-24-25-17-23-16(22-10-6-8(18)5-9(21)7-10)14-12(26(13)17)4-3-11(19)15(14)20/h3-7H,2H2,1H3,(H,22,23,25). The second-order valence-electron chi connectivity index (χ2n) is 5.60. The maximum absolute atomic E-state index is 14.6. The van der Waals surface area contributed by atoms with Crippen LogP contribution in [0.25, 0.3) is 16.7 Å². The van der Waals surface area contributed by atoms with E-state index in [4.69, 9.17) is 0 Å². The van der Waals surface area contributed by atoms with Gasteiger partial charge in [-0.1, -0.05) is 6.92 Å². The molecule has 26 heavy (non-hydrogen) atoms. The molecule has 0 saturated carbocycles. The van der Waals surface area contributed by atoms with E-state index in [2.05, 4.69) is 20.5 Å². The van der Waals surface area contributed by atoms with Crippen molar-refractivity contribution in [2.24, 2.45) is 0 Å². The molecule has 0 aliphatic heterocycles. The van der Waals surface area contributed by atoms with Crippen LogP contribution in [-0.2, 0) is 6.42 Å². The molecule has 2 aromatic heterocycles. The van der Waals surface area contributed by atoms with Crippen LogP contribution in [0.5, 0.6) is 0 Å². The first-order valence-electron chi connectivity index (χ1n) is 7.72. The van der Waals surface area contributed by atoms with E-state index in [9.17, 15) is 13.2 Å². The van der Waals surface area contributed by atoms with Crippen LogP contribution in [0.2, 0.25) is 0 Å². The first-order chi connectivity index (χ1) is 12.5. The molecule has 0 atom stereocenters. The SMILES string of the molecule is CCc1nnc2nc(Nc3cc(F)cc(I)c3)c3c(F)c(F)ccc3n12. The van der Waals surface area contributed by atoms with Gasteiger partial charge in [-0.05, 0) is 52.9 Å². The molecule has 5 nitrogen and oxygen atoms in total. The smallest absolute Gasteiger partial charge is 0.257 e. The van der Waals surface area contributed by atoms with Gasteiger partial charge >= 0.3 is 0 Å². The average Bonchev–Trinajstić information content (AvgIpc) is 3.00. The molecule has 9 heteroatoms. The van der Waals surface area contributed by atoms with Crippen LogP contribution >= 0.6 is 22.6 Å². The van der Waals surface area contributed by atoms with Crippen molar-refractivity contribution in [1.29, 1.82) is 0 Å². The molecule has 0 fully saturated rings. The molecule has 4 rings (SSSR count). The van der Waals surface area contributed by atoms with Gasteiger partial charge in [0, 0.05) is 15.7 Å². The van der Waals surface area contributed by atoms with E-state index in [-0.39, 0.29) is 17.0 Å². The summed E-state index contributed by atoms with van der Waals surface area (Å²) in [4.78, 5) is 4.28. The fourth-order valence-corrected chi connectivity index (χ4v) is 3.45. The third-order valence-electron chi connectivity index (χ3n) is 3.92. The highest BCUT2D eigenvalue weighted by Gasteiger charge is 2.19. The van der Waals surface area contributed by atoms with Crippen molar-refractivity contribution in [2.45, 2.75) is 13.3 Å². The van der Waals surface area contributed by atoms with Gasteiger partial charge in [0.2, 0.25) is 0 Å². The summed E-state index contributed by atoms with van der Waals surface area (Å²) in [7, 11) is 0. The Labute approximate surface area is 159 Å². The van der Waals surface area contributed by atoms with Crippen molar-refractivity contribution >= 4 is 50.8 Å². The fourth-order valence-electron chi connectivity index (χ4n) is 2.82. The topological polar surface area (TPSA) is 55.1 Å². The first kappa shape index (κ1) is 17.0. The summed E-state index contributed by atoms with van der Waals surface area (Å²) in [5.74, 6) is -1.62. The van der Waals surface area contributed by atoms with E-state index in [1.807, 2.05) is 29.5 Å². The Morgan fingerprint density at radius 3 is 2.65 bits per heavy atom. The number of fused-ring (bicyclic) bond motifs is 3. The summed E-state index contributed by atoms with van der Waals surface area (Å²) in [6, 6.07) is 6.77. The van der Waals surface area contributed by atoms with E-state index in [1.165, 1.54) is 18.2 Å². The lowest BCUT2D eigenvalue weighted by molar-refractivity contribution is 0.516. The molecule has 1 N–H and O–H groups in total. The number of hydrogen-bond acceptors (Lipinski definition) is 4. The van der Waals surface area contributed by atoms with Gasteiger partial charge in [-0.25, -0.2) is 13.2 Å². The molecular formula is C17H11F3IN5. The number of anilines is 2. The maximum Gasteiger partial charge on any atom is 0.257 e. The molecule has 0 bridgehead atoms. The van der Waals surface area contributed by atoms with Gasteiger partial charge in [0.15, 0.2) is 11.6 Å². The lowest BCUT2D eigenvalue weighted by atomic mass is 10.2. The number of nitrogens with zero attached hydrogens (tertiary/aromatic N) is 4. The molecule has 0 aliphatic carbocycles. The molecule has 2 aromatic carbocycles. The van der Waals surface area contributed by atoms with Crippen molar-refractivity contribution in [2.75, 3.05) is 5.32 Å². The Kier molecular flexibility index (Phi) is 4.17. The normalized spacial score (nSPS) is 11.4. The van der Waals surface area contributed by atoms with E-state index in [0.717, 1.165) is 6.07 Å². The van der Waals surface area contributed by atoms with Gasteiger partial charge in [-0.15, -0.1) is 10.2 Å². The highest BCUT2D eigenvalue weighted by Crippen LogP contribution is 2.30. The maximum atomic E-state index is 14.6. The van der Waals surface area contributed by atoms with Crippen molar-refractivity contribution < 1.29 is 13.2 Å². The van der Waals surface area contributed by atoms with Gasteiger partial charge in [0.05, 0.1) is 10.9 Å². The Morgan fingerprint density at radius 2 is 1.92 bits per heavy atom. The molecule has 0 amide bonds. The van der Waals surface area contributed by atoms with Crippen LogP contribution in [0.15, 0.2) is 30.3 Å². The van der Waals surface area contributed by atoms with Crippen LogP contribution in [-0.4, -0.2) is 19.6 Å². The molecule has 2 heterocycles. The quantitative estimate of drug-likeness (QED) is 0.446. The van der Waals surface area contributed by atoms with Gasteiger partial charge in [0.25, 0.3) is 5.78 Å². The monoisotopic (exact) mass is 469 g/mol. The van der Waals surface area contributed by atoms with Gasteiger partial charge < -0.3 is 5.32 Å².